The van der Waals surface area contributed by atoms with Gasteiger partial charge < -0.3 is 5.32 Å². The molecule has 2 aromatic rings. The van der Waals surface area contributed by atoms with Crippen molar-refractivity contribution in [2.45, 2.75) is 31.0 Å². The van der Waals surface area contributed by atoms with Crippen molar-refractivity contribution in [3.63, 3.8) is 0 Å². The summed E-state index contributed by atoms with van der Waals surface area (Å²) < 4.78 is 0. The van der Waals surface area contributed by atoms with E-state index >= 15 is 0 Å². The van der Waals surface area contributed by atoms with E-state index < -0.39 is 4.92 Å². The number of hydrogen-bond acceptors (Lipinski definition) is 8. The van der Waals surface area contributed by atoms with Gasteiger partial charge in [0.05, 0.1) is 4.92 Å². The van der Waals surface area contributed by atoms with Crippen molar-refractivity contribution in [3.05, 3.63) is 33.3 Å². The first-order chi connectivity index (χ1) is 9.92. The molecule has 0 aliphatic rings. The third-order valence-corrected chi connectivity index (χ3v) is 3.81. The molecule has 0 radical (unpaired) electrons. The second-order valence-corrected chi connectivity index (χ2v) is 5.25. The zero-order valence-corrected chi connectivity index (χ0v) is 12.9. The molecule has 0 aliphatic carbocycles. The fraction of sp³-hybridized carbons (Fsp3) is 0.333. The van der Waals surface area contributed by atoms with E-state index in [9.17, 15) is 10.1 Å². The molecule has 21 heavy (non-hydrogen) atoms. The van der Waals surface area contributed by atoms with Crippen molar-refractivity contribution in [3.8, 4) is 0 Å². The molecule has 0 amide bonds. The predicted octanol–water partition coefficient (Wildman–Crippen LogP) is 2.29. The van der Waals surface area contributed by atoms with Crippen LogP contribution in [0.3, 0.4) is 0 Å². The van der Waals surface area contributed by atoms with Crippen LogP contribution in [-0.2, 0) is 0 Å². The molecule has 0 aliphatic heterocycles. The number of rotatable bonds is 4. The first-order valence-corrected chi connectivity index (χ1v) is 6.93. The molecule has 2 heterocycles. The van der Waals surface area contributed by atoms with Crippen molar-refractivity contribution >= 4 is 23.4 Å². The second-order valence-electron chi connectivity index (χ2n) is 4.30. The van der Waals surface area contributed by atoms with Crippen molar-refractivity contribution in [2.24, 2.45) is 0 Å². The molecule has 0 spiro atoms. The summed E-state index contributed by atoms with van der Waals surface area (Å²) in [5.41, 5.74) is 2.53. The second kappa shape index (κ2) is 6.00. The van der Waals surface area contributed by atoms with Gasteiger partial charge in [0, 0.05) is 18.4 Å². The molecule has 0 saturated heterocycles. The molecule has 0 saturated carbocycles. The summed E-state index contributed by atoms with van der Waals surface area (Å²) in [4.78, 5) is 27.2. The van der Waals surface area contributed by atoms with E-state index in [-0.39, 0.29) is 10.7 Å². The van der Waals surface area contributed by atoms with E-state index in [2.05, 4.69) is 25.3 Å². The van der Waals surface area contributed by atoms with E-state index in [0.717, 1.165) is 28.7 Å². The highest BCUT2D eigenvalue weighted by molar-refractivity contribution is 7.99. The average molecular weight is 306 g/mol. The van der Waals surface area contributed by atoms with Gasteiger partial charge in [-0.1, -0.05) is 0 Å². The molecule has 0 atom stereocenters. The molecular weight excluding hydrogens is 292 g/mol. The Morgan fingerprint density at radius 2 is 1.81 bits per heavy atom. The zero-order valence-electron chi connectivity index (χ0n) is 12.0. The highest BCUT2D eigenvalue weighted by Crippen LogP contribution is 2.31. The summed E-state index contributed by atoms with van der Waals surface area (Å²) in [5.74, 6) is 0.309. The number of nitro groups is 1. The van der Waals surface area contributed by atoms with Crippen LogP contribution in [0.25, 0.3) is 0 Å². The Bertz CT molecular complexity index is 683. The van der Waals surface area contributed by atoms with Crippen LogP contribution in [0.5, 0.6) is 0 Å². The molecule has 1 N–H and O–H groups in total. The standard InChI is InChI=1S/C12H14N6O2S/c1-6-7(2)15-12(16-8(6)3)21-10-9(18(19)20)5-14-11(13-4)17-10/h5H,1-4H3,(H,13,14,17). The summed E-state index contributed by atoms with van der Waals surface area (Å²) in [7, 11) is 1.65. The van der Waals surface area contributed by atoms with Crippen molar-refractivity contribution in [1.29, 1.82) is 0 Å². The molecule has 0 aromatic carbocycles. The molecule has 2 rings (SSSR count). The van der Waals surface area contributed by atoms with Gasteiger partial charge in [-0.3, -0.25) is 10.1 Å². The first kappa shape index (κ1) is 15.1. The van der Waals surface area contributed by atoms with Crippen LogP contribution in [0.2, 0.25) is 0 Å². The summed E-state index contributed by atoms with van der Waals surface area (Å²) >= 11 is 1.05. The molecule has 110 valence electrons. The first-order valence-electron chi connectivity index (χ1n) is 6.11. The molecule has 9 heteroatoms. The van der Waals surface area contributed by atoms with E-state index in [1.807, 2.05) is 20.8 Å². The van der Waals surface area contributed by atoms with Crippen molar-refractivity contribution in [2.75, 3.05) is 12.4 Å². The van der Waals surface area contributed by atoms with Gasteiger partial charge in [-0.25, -0.2) is 15.0 Å². The third kappa shape index (κ3) is 3.24. The fourth-order valence-corrected chi connectivity index (χ4v) is 2.46. The minimum atomic E-state index is -0.518. The Morgan fingerprint density at radius 1 is 1.19 bits per heavy atom. The van der Waals surface area contributed by atoms with Gasteiger partial charge in [0.1, 0.15) is 6.20 Å². The number of nitrogens with zero attached hydrogens (tertiary/aromatic N) is 5. The van der Waals surface area contributed by atoms with Crippen LogP contribution in [0.1, 0.15) is 17.0 Å². The van der Waals surface area contributed by atoms with E-state index in [1.54, 1.807) is 7.05 Å². The minimum absolute atomic E-state index is 0.168. The predicted molar refractivity (Wildman–Crippen MR) is 78.6 cm³/mol. The van der Waals surface area contributed by atoms with E-state index in [0.29, 0.717) is 11.1 Å². The van der Waals surface area contributed by atoms with Crippen molar-refractivity contribution in [1.82, 2.24) is 19.9 Å². The van der Waals surface area contributed by atoms with E-state index in [1.165, 1.54) is 6.20 Å². The lowest BCUT2D eigenvalue weighted by molar-refractivity contribution is -0.388. The van der Waals surface area contributed by atoms with Crippen LogP contribution < -0.4 is 5.32 Å². The largest absolute Gasteiger partial charge is 0.357 e. The Hall–Kier alpha value is -2.29. The van der Waals surface area contributed by atoms with Crippen LogP contribution in [-0.4, -0.2) is 31.9 Å². The molecule has 2 aromatic heterocycles. The molecular formula is C12H14N6O2S. The molecule has 8 nitrogen and oxygen atoms in total. The highest BCUT2D eigenvalue weighted by atomic mass is 32.2. The summed E-state index contributed by atoms with van der Waals surface area (Å²) in [6.07, 6.45) is 1.18. The van der Waals surface area contributed by atoms with Gasteiger partial charge in [-0.15, -0.1) is 0 Å². The average Bonchev–Trinajstić information content (AvgIpc) is 2.44. The topological polar surface area (TPSA) is 107 Å². The SMILES string of the molecule is CNc1ncc([N+](=O)[O-])c(Sc2nc(C)c(C)c(C)n2)n1. The lowest BCUT2D eigenvalue weighted by atomic mass is 10.2. The Kier molecular flexibility index (Phi) is 4.32. The maximum Gasteiger partial charge on any atom is 0.320 e. The summed E-state index contributed by atoms with van der Waals surface area (Å²) in [5, 5.41) is 14.4. The Morgan fingerprint density at radius 3 is 2.33 bits per heavy atom. The van der Waals surface area contributed by atoms with Crippen LogP contribution >= 0.6 is 11.8 Å². The van der Waals surface area contributed by atoms with Crippen LogP contribution in [0.4, 0.5) is 11.6 Å². The smallest absolute Gasteiger partial charge is 0.320 e. The maximum absolute atomic E-state index is 11.1. The monoisotopic (exact) mass is 306 g/mol. The molecule has 0 unspecified atom stereocenters. The number of anilines is 1. The normalized spacial score (nSPS) is 10.5. The molecule has 0 bridgehead atoms. The van der Waals surface area contributed by atoms with Gasteiger partial charge in [0.2, 0.25) is 5.95 Å². The van der Waals surface area contributed by atoms with Gasteiger partial charge in [0.25, 0.3) is 0 Å². The number of nitrogens with one attached hydrogen (secondary N) is 1. The van der Waals surface area contributed by atoms with Crippen molar-refractivity contribution < 1.29 is 4.92 Å². The van der Waals surface area contributed by atoms with Gasteiger partial charge >= 0.3 is 5.69 Å². The zero-order chi connectivity index (χ0) is 15.6. The number of aryl methyl sites for hydroxylation is 2. The van der Waals surface area contributed by atoms with Gasteiger partial charge in [-0.05, 0) is 38.1 Å². The third-order valence-electron chi connectivity index (χ3n) is 2.96. The Labute approximate surface area is 125 Å². The van der Waals surface area contributed by atoms with E-state index in [4.69, 9.17) is 0 Å². The molecule has 0 fully saturated rings. The van der Waals surface area contributed by atoms with Gasteiger partial charge in [-0.2, -0.15) is 4.98 Å². The van der Waals surface area contributed by atoms with Crippen LogP contribution in [0, 0.1) is 30.9 Å². The Balaban J connectivity index is 2.45. The minimum Gasteiger partial charge on any atom is -0.357 e. The quantitative estimate of drug-likeness (QED) is 0.397. The fourth-order valence-electron chi connectivity index (χ4n) is 1.55. The number of hydrogen-bond donors (Lipinski definition) is 1. The van der Waals surface area contributed by atoms with Gasteiger partial charge in [0.15, 0.2) is 10.2 Å². The lowest BCUT2D eigenvalue weighted by Gasteiger charge is -2.07. The lowest BCUT2D eigenvalue weighted by Crippen LogP contribution is -2.02. The highest BCUT2D eigenvalue weighted by Gasteiger charge is 2.20. The number of aromatic nitrogens is 4. The van der Waals surface area contributed by atoms with Crippen LogP contribution in [0.15, 0.2) is 16.4 Å². The summed E-state index contributed by atoms with van der Waals surface area (Å²) in [6.45, 7) is 5.69. The maximum atomic E-state index is 11.1. The summed E-state index contributed by atoms with van der Waals surface area (Å²) in [6, 6.07) is 0.